The number of fused-ring (bicyclic) bond motifs is 1. The minimum absolute atomic E-state index is 0. The van der Waals surface area contributed by atoms with Crippen molar-refractivity contribution in [3.05, 3.63) is 34.2 Å². The second-order valence-corrected chi connectivity index (χ2v) is 5.19. The molecule has 0 bridgehead atoms. The van der Waals surface area contributed by atoms with E-state index < -0.39 is 23.3 Å². The van der Waals surface area contributed by atoms with Gasteiger partial charge in [-0.15, -0.1) is 23.7 Å². The molecule has 0 saturated heterocycles. The molecular formula is C13H14ClF4NOS. The first-order valence-corrected chi connectivity index (χ1v) is 6.94. The zero-order valence-electron chi connectivity index (χ0n) is 11.1. The van der Waals surface area contributed by atoms with E-state index in [9.17, 15) is 17.6 Å². The Morgan fingerprint density at radius 2 is 1.71 bits per heavy atom. The number of hydrogen-bond donors (Lipinski definition) is 1. The summed E-state index contributed by atoms with van der Waals surface area (Å²) in [4.78, 5) is 1.79. The first-order chi connectivity index (χ1) is 9.51. The summed E-state index contributed by atoms with van der Waals surface area (Å²) in [5, 5.41) is 10.2. The summed E-state index contributed by atoms with van der Waals surface area (Å²) in [5.74, 6) is -6.30. The van der Waals surface area contributed by atoms with Crippen LogP contribution in [0.2, 0.25) is 0 Å². The van der Waals surface area contributed by atoms with E-state index in [1.165, 1.54) is 5.38 Å². The molecule has 0 aliphatic carbocycles. The Bertz CT molecular complexity index is 634. The lowest BCUT2D eigenvalue weighted by molar-refractivity contribution is 0.197. The van der Waals surface area contributed by atoms with Gasteiger partial charge in [0.25, 0.3) is 0 Å². The van der Waals surface area contributed by atoms with Crippen molar-refractivity contribution in [3.63, 3.8) is 0 Å². The van der Waals surface area contributed by atoms with Crippen LogP contribution in [0, 0.1) is 23.3 Å². The number of benzene rings is 1. The van der Waals surface area contributed by atoms with E-state index in [1.807, 2.05) is 6.92 Å². The largest absolute Gasteiger partial charge is 0.395 e. The maximum absolute atomic E-state index is 13.8. The first-order valence-electron chi connectivity index (χ1n) is 6.06. The average molecular weight is 344 g/mol. The van der Waals surface area contributed by atoms with Gasteiger partial charge in [-0.25, -0.2) is 17.6 Å². The van der Waals surface area contributed by atoms with Crippen LogP contribution >= 0.6 is 23.7 Å². The van der Waals surface area contributed by atoms with Gasteiger partial charge in [0.1, 0.15) is 0 Å². The highest BCUT2D eigenvalue weighted by Gasteiger charge is 2.24. The minimum atomic E-state index is -1.79. The summed E-state index contributed by atoms with van der Waals surface area (Å²) in [6.45, 7) is 2.96. The lowest BCUT2D eigenvalue weighted by Gasteiger charge is -2.18. The molecule has 1 aromatic carbocycles. The van der Waals surface area contributed by atoms with Gasteiger partial charge in [-0.1, -0.05) is 6.92 Å². The summed E-state index contributed by atoms with van der Waals surface area (Å²) < 4.78 is 53.7. The van der Waals surface area contributed by atoms with Gasteiger partial charge in [0.2, 0.25) is 0 Å². The molecule has 2 aromatic rings. The minimum Gasteiger partial charge on any atom is -0.395 e. The topological polar surface area (TPSA) is 23.5 Å². The molecule has 0 saturated carbocycles. The highest BCUT2D eigenvalue weighted by atomic mass is 35.5. The summed E-state index contributed by atoms with van der Waals surface area (Å²) in [5.41, 5.74) is 0.385. The van der Waals surface area contributed by atoms with Crippen LogP contribution in [-0.4, -0.2) is 29.7 Å². The quantitative estimate of drug-likeness (QED) is 0.508. The fraction of sp³-hybridized carbons (Fsp3) is 0.385. The lowest BCUT2D eigenvalue weighted by atomic mass is 10.1. The monoisotopic (exact) mass is 343 g/mol. The molecular weight excluding hydrogens is 330 g/mol. The number of aliphatic hydroxyl groups excluding tert-OH is 1. The van der Waals surface area contributed by atoms with Crippen molar-refractivity contribution < 1.29 is 22.7 Å². The van der Waals surface area contributed by atoms with Crippen LogP contribution in [-0.2, 0) is 6.54 Å². The zero-order valence-corrected chi connectivity index (χ0v) is 12.8. The van der Waals surface area contributed by atoms with Crippen LogP contribution in [0.5, 0.6) is 0 Å². The summed E-state index contributed by atoms with van der Waals surface area (Å²) in [6, 6.07) is 0. The lowest BCUT2D eigenvalue weighted by Crippen LogP contribution is -2.26. The predicted octanol–water partition coefficient (Wildman–Crippen LogP) is 3.69. The second-order valence-electron chi connectivity index (χ2n) is 4.31. The Morgan fingerprint density at radius 1 is 1.10 bits per heavy atom. The second kappa shape index (κ2) is 7.40. The van der Waals surface area contributed by atoms with Gasteiger partial charge in [-0.2, -0.15) is 0 Å². The molecule has 118 valence electrons. The molecule has 0 amide bonds. The molecule has 0 atom stereocenters. The SMILES string of the molecule is CCN(CCO)Cc1csc2c(F)c(F)c(F)c(F)c12.Cl. The third-order valence-electron chi connectivity index (χ3n) is 3.12. The standard InChI is InChI=1S/C13H13F4NOS.ClH/c1-2-18(3-4-19)5-7-6-20-13-8(7)9(14)10(15)11(16)12(13)17;/h6,19H,2-5H2,1H3;1H. The third-order valence-corrected chi connectivity index (χ3v) is 4.14. The van der Waals surface area contributed by atoms with Crippen molar-refractivity contribution in [2.45, 2.75) is 13.5 Å². The Morgan fingerprint density at radius 3 is 2.29 bits per heavy atom. The molecule has 1 N–H and O–H groups in total. The fourth-order valence-corrected chi connectivity index (χ4v) is 3.03. The third kappa shape index (κ3) is 3.31. The van der Waals surface area contributed by atoms with Crippen LogP contribution in [0.25, 0.3) is 10.1 Å². The van der Waals surface area contributed by atoms with Gasteiger partial charge in [-0.3, -0.25) is 4.90 Å². The van der Waals surface area contributed by atoms with E-state index in [1.54, 1.807) is 4.90 Å². The maximum atomic E-state index is 13.8. The van der Waals surface area contributed by atoms with Gasteiger partial charge in [-0.05, 0) is 17.5 Å². The van der Waals surface area contributed by atoms with Crippen LogP contribution in [0.15, 0.2) is 5.38 Å². The number of likely N-dealkylation sites (N-methyl/N-ethyl adjacent to an activating group) is 1. The average Bonchev–Trinajstić information content (AvgIpc) is 2.86. The molecule has 0 unspecified atom stereocenters. The van der Waals surface area contributed by atoms with Crippen LogP contribution < -0.4 is 0 Å². The van der Waals surface area contributed by atoms with Crippen molar-refractivity contribution in [1.82, 2.24) is 4.90 Å². The molecule has 2 rings (SSSR count). The number of hydrogen-bond acceptors (Lipinski definition) is 3. The Hall–Kier alpha value is -0.890. The number of nitrogens with zero attached hydrogens (tertiary/aromatic N) is 1. The van der Waals surface area contributed by atoms with Gasteiger partial charge in [0.05, 0.1) is 11.3 Å². The number of thiophene rings is 1. The molecule has 2 nitrogen and oxygen atoms in total. The van der Waals surface area contributed by atoms with Gasteiger partial charge < -0.3 is 5.11 Å². The predicted molar refractivity (Wildman–Crippen MR) is 76.9 cm³/mol. The van der Waals surface area contributed by atoms with Crippen molar-refractivity contribution in [2.75, 3.05) is 19.7 Å². The van der Waals surface area contributed by atoms with E-state index in [0.717, 1.165) is 11.3 Å². The molecule has 21 heavy (non-hydrogen) atoms. The highest BCUT2D eigenvalue weighted by molar-refractivity contribution is 7.17. The highest BCUT2D eigenvalue weighted by Crippen LogP contribution is 2.34. The molecule has 1 aromatic heterocycles. The van der Waals surface area contributed by atoms with Gasteiger partial charge in [0, 0.05) is 18.5 Å². The zero-order chi connectivity index (χ0) is 14.9. The molecule has 0 aliphatic rings. The summed E-state index contributed by atoms with van der Waals surface area (Å²) in [6.07, 6.45) is 0. The Kier molecular flexibility index (Phi) is 6.40. The van der Waals surface area contributed by atoms with Crippen LogP contribution in [0.1, 0.15) is 12.5 Å². The van der Waals surface area contributed by atoms with E-state index in [2.05, 4.69) is 0 Å². The van der Waals surface area contributed by atoms with E-state index >= 15 is 0 Å². The van der Waals surface area contributed by atoms with Gasteiger partial charge in [0.15, 0.2) is 23.3 Å². The van der Waals surface area contributed by atoms with Crippen molar-refractivity contribution in [1.29, 1.82) is 0 Å². The smallest absolute Gasteiger partial charge is 0.198 e. The van der Waals surface area contributed by atoms with Gasteiger partial charge >= 0.3 is 0 Å². The van der Waals surface area contributed by atoms with E-state index in [-0.39, 0.29) is 35.6 Å². The van der Waals surface area contributed by atoms with Crippen molar-refractivity contribution >= 4 is 33.8 Å². The van der Waals surface area contributed by atoms with E-state index in [0.29, 0.717) is 18.7 Å². The molecule has 0 spiro atoms. The Balaban J connectivity index is 0.00000220. The number of aliphatic hydroxyl groups is 1. The number of rotatable bonds is 5. The summed E-state index contributed by atoms with van der Waals surface area (Å²) in [7, 11) is 0. The first kappa shape index (κ1) is 18.2. The fourth-order valence-electron chi connectivity index (χ4n) is 2.05. The van der Waals surface area contributed by atoms with Crippen molar-refractivity contribution in [2.24, 2.45) is 0 Å². The van der Waals surface area contributed by atoms with Crippen LogP contribution in [0.3, 0.4) is 0 Å². The van der Waals surface area contributed by atoms with Crippen molar-refractivity contribution in [3.8, 4) is 0 Å². The molecule has 0 fully saturated rings. The van der Waals surface area contributed by atoms with E-state index in [4.69, 9.17) is 5.11 Å². The summed E-state index contributed by atoms with van der Waals surface area (Å²) >= 11 is 0.837. The molecule has 8 heteroatoms. The molecule has 1 heterocycles. The Labute approximate surface area is 129 Å². The molecule has 0 radical (unpaired) electrons. The maximum Gasteiger partial charge on any atom is 0.198 e. The molecule has 0 aliphatic heterocycles. The van der Waals surface area contributed by atoms with Crippen LogP contribution in [0.4, 0.5) is 17.6 Å². The number of halogens is 5. The normalized spacial score (nSPS) is 11.2.